The molecule has 0 saturated carbocycles. The van der Waals surface area contributed by atoms with Gasteiger partial charge in [0, 0.05) is 91.2 Å². The molecule has 8 heterocycles. The van der Waals surface area contributed by atoms with Crippen molar-refractivity contribution in [3.05, 3.63) is 179 Å². The van der Waals surface area contributed by atoms with Crippen molar-refractivity contribution < 1.29 is 43.2 Å². The van der Waals surface area contributed by atoms with Crippen molar-refractivity contribution in [3.63, 3.8) is 0 Å². The third-order valence-corrected chi connectivity index (χ3v) is 20.0. The minimum atomic E-state index is -0.398. The second kappa shape index (κ2) is 33.3. The number of fused-ring (bicyclic) bond motifs is 4. The molecule has 0 spiro atoms. The molecule has 100 heavy (non-hydrogen) atoms. The number of hydrogen-bond acceptors (Lipinski definition) is 20. The molecule has 2 amide bonds. The first-order valence-electron chi connectivity index (χ1n) is 34.3. The Morgan fingerprint density at radius 2 is 1.03 bits per heavy atom. The maximum Gasteiger partial charge on any atom is 0.410 e. The number of carbonyl (C=O) groups excluding carboxylic acids is 3. The van der Waals surface area contributed by atoms with Crippen molar-refractivity contribution in [1.29, 1.82) is 10.5 Å². The molecule has 6 aliphatic rings. The van der Waals surface area contributed by atoms with Gasteiger partial charge in [0.2, 0.25) is 0 Å². The zero-order valence-electron chi connectivity index (χ0n) is 57.3. The van der Waals surface area contributed by atoms with E-state index < -0.39 is 12.2 Å². The Bertz CT molecular complexity index is 4180. The van der Waals surface area contributed by atoms with Crippen LogP contribution in [-0.4, -0.2) is 174 Å². The van der Waals surface area contributed by atoms with Crippen LogP contribution in [0.4, 0.5) is 32.6 Å². The number of rotatable bonds is 16. The standard InChI is InChI=1S/C38H43N7O3.C37H41N7O3.CH2O2.CH2O/c1-38(18-9-20-42(38)2)27-48-36-40-33-25-43(34-15-8-13-29-12-6-7-14-31(29)34)21-17-32(33)35(41-36)44-22-23-45(30(24-44)16-19-39)37(46)47-26-28-10-4-3-5-11-28;1-37(17-8-19-39-37)26-47-35-40-32-24-42(33-14-7-12-28-11-5-6-13-30(28)33)20-16-31(32)34(41-35)43-21-22-44(29(23-43)15-18-38)36(45)46-25-27-9-3-2-4-10-27;2-1-3;1-2/h3-8,10-15,30H,9,16-18,20-27H2,1-2H3;2-7,9-14,29,39H,8,15-17,19-26H2,1H3;1H,(H,2,3);1H2/t30?,38-;29?,37-;;/m00../s1. The second-order valence-electron chi connectivity index (χ2n) is 26.5. The first-order valence-corrected chi connectivity index (χ1v) is 34.3. The number of carboxylic acid groups (broad SMARTS) is 1. The molecule has 4 atom stereocenters. The fourth-order valence-corrected chi connectivity index (χ4v) is 14.4. The summed E-state index contributed by atoms with van der Waals surface area (Å²) in [7, 11) is 2.15. The van der Waals surface area contributed by atoms with Crippen LogP contribution in [-0.2, 0) is 58.2 Å². The zero-order chi connectivity index (χ0) is 70.0. The topological polar surface area (TPSA) is 259 Å². The van der Waals surface area contributed by atoms with Crippen LogP contribution in [0.1, 0.15) is 86.0 Å². The maximum atomic E-state index is 13.2. The highest BCUT2D eigenvalue weighted by Crippen LogP contribution is 2.38. The van der Waals surface area contributed by atoms with Crippen molar-refractivity contribution in [1.82, 2.24) is 40.0 Å². The monoisotopic (exact) mass is 1350 g/mol. The number of hydrogen-bond donors (Lipinski definition) is 2. The van der Waals surface area contributed by atoms with E-state index in [2.05, 4.69) is 148 Å². The summed E-state index contributed by atoms with van der Waals surface area (Å²) in [4.78, 5) is 77.9. The smallest absolute Gasteiger partial charge is 0.410 e. The molecule has 6 aliphatic heterocycles. The average Bonchev–Trinajstić information content (AvgIpc) is 0.883. The molecule has 2 aromatic heterocycles. The molecule has 4 saturated heterocycles. The fraction of sp³-hybridized carbons (Fsp3) is 0.403. The Morgan fingerprint density at radius 1 is 0.580 bits per heavy atom. The molecule has 23 heteroatoms. The number of carbonyl (C=O) groups is 4. The van der Waals surface area contributed by atoms with E-state index in [0.717, 1.165) is 110 Å². The van der Waals surface area contributed by atoms with Crippen molar-refractivity contribution >= 4 is 70.0 Å². The van der Waals surface area contributed by atoms with Crippen molar-refractivity contribution in [2.75, 3.05) is 105 Å². The Labute approximate surface area is 584 Å². The van der Waals surface area contributed by atoms with Gasteiger partial charge >= 0.3 is 24.2 Å². The molecule has 6 aromatic carbocycles. The quantitative estimate of drug-likeness (QED) is 0.0852. The molecule has 0 bridgehead atoms. The van der Waals surface area contributed by atoms with Gasteiger partial charge < -0.3 is 63.6 Å². The number of likely N-dealkylation sites (tertiary alicyclic amines) is 1. The minimum Gasteiger partial charge on any atom is -0.483 e. The van der Waals surface area contributed by atoms with E-state index in [4.69, 9.17) is 53.6 Å². The lowest BCUT2D eigenvalue weighted by Gasteiger charge is -2.42. The second-order valence-corrected chi connectivity index (χ2v) is 26.5. The van der Waals surface area contributed by atoms with Crippen LogP contribution in [0.25, 0.3) is 21.5 Å². The van der Waals surface area contributed by atoms with Crippen molar-refractivity contribution in [2.24, 2.45) is 0 Å². The fourth-order valence-electron chi connectivity index (χ4n) is 14.4. The number of benzene rings is 6. The first-order chi connectivity index (χ1) is 48.8. The van der Waals surface area contributed by atoms with E-state index in [0.29, 0.717) is 77.6 Å². The number of nitrogens with one attached hydrogen (secondary N) is 1. The SMILES string of the molecule is C=O.CN1CCC[C@@]1(C)COc1nc2c(c(N3CCN(C(=O)OCc4ccccc4)C(CC#N)C3)n1)CCN(c1cccc3ccccc13)C2.C[C@@]1(COc2nc3c(c(N4CCN(C(=O)OCc5ccccc5)C(CC#N)C4)n2)CCN(c2cccc4ccccc24)C3)CCCN1.O=CO. The molecular formula is C77H88N14O9. The molecule has 8 aromatic rings. The van der Waals surface area contributed by atoms with Gasteiger partial charge in [-0.25, -0.2) is 9.59 Å². The van der Waals surface area contributed by atoms with Crippen LogP contribution in [0.15, 0.2) is 146 Å². The summed E-state index contributed by atoms with van der Waals surface area (Å²) in [5.41, 5.74) is 8.18. The van der Waals surface area contributed by atoms with E-state index in [1.54, 1.807) is 9.80 Å². The maximum absolute atomic E-state index is 13.2. The highest BCUT2D eigenvalue weighted by atomic mass is 16.6. The number of amides is 2. The third kappa shape index (κ3) is 16.7. The van der Waals surface area contributed by atoms with Gasteiger partial charge in [-0.1, -0.05) is 133 Å². The van der Waals surface area contributed by atoms with Crippen LogP contribution in [0.2, 0.25) is 0 Å². The lowest BCUT2D eigenvalue weighted by molar-refractivity contribution is -0.122. The summed E-state index contributed by atoms with van der Waals surface area (Å²) in [6.45, 7) is 15.5. The lowest BCUT2D eigenvalue weighted by atomic mass is 10.0. The summed E-state index contributed by atoms with van der Waals surface area (Å²) in [5.74, 6) is 1.69. The average molecular weight is 1350 g/mol. The first kappa shape index (κ1) is 70.7. The zero-order valence-corrected chi connectivity index (χ0v) is 57.3. The molecule has 0 radical (unpaired) electrons. The van der Waals surface area contributed by atoms with Gasteiger partial charge in [0.15, 0.2) is 0 Å². The minimum absolute atomic E-state index is 0.0714. The van der Waals surface area contributed by atoms with Gasteiger partial charge in [-0.2, -0.15) is 30.5 Å². The van der Waals surface area contributed by atoms with E-state index in [9.17, 15) is 20.1 Å². The van der Waals surface area contributed by atoms with E-state index in [1.807, 2.05) is 67.5 Å². The number of ether oxygens (including phenoxy) is 4. The molecule has 0 aliphatic carbocycles. The van der Waals surface area contributed by atoms with Gasteiger partial charge in [0.25, 0.3) is 6.47 Å². The Hall–Kier alpha value is -10.6. The number of anilines is 4. The summed E-state index contributed by atoms with van der Waals surface area (Å²) in [6.07, 6.45) is 5.52. The number of aromatic nitrogens is 4. The summed E-state index contributed by atoms with van der Waals surface area (Å²) >= 11 is 0. The lowest BCUT2D eigenvalue weighted by Crippen LogP contribution is -2.55. The Kier molecular flexibility index (Phi) is 23.5. The normalized spacial score (nSPS) is 20.2. The van der Waals surface area contributed by atoms with Crippen LogP contribution < -0.4 is 34.4 Å². The highest BCUT2D eigenvalue weighted by Gasteiger charge is 2.39. The predicted molar refractivity (Wildman–Crippen MR) is 383 cm³/mol. The molecule has 2 N–H and O–H groups in total. The molecule has 14 rings (SSSR count). The van der Waals surface area contributed by atoms with Crippen molar-refractivity contribution in [3.8, 4) is 24.2 Å². The molecule has 4 fully saturated rings. The highest BCUT2D eigenvalue weighted by molar-refractivity contribution is 5.95. The third-order valence-electron chi connectivity index (χ3n) is 20.0. The van der Waals surface area contributed by atoms with Gasteiger partial charge in [-0.3, -0.25) is 9.69 Å². The Morgan fingerprint density at radius 3 is 1.47 bits per heavy atom. The molecular weight excluding hydrogens is 1260 g/mol. The van der Waals surface area contributed by atoms with Crippen LogP contribution in [0, 0.1) is 22.7 Å². The van der Waals surface area contributed by atoms with Crippen LogP contribution in [0.3, 0.4) is 0 Å². The number of nitriles is 2. The summed E-state index contributed by atoms with van der Waals surface area (Å²) in [6, 6.07) is 53.8. The molecule has 520 valence electrons. The van der Waals surface area contributed by atoms with E-state index in [1.165, 1.54) is 32.9 Å². The Balaban J connectivity index is 0.000000190. The van der Waals surface area contributed by atoms with E-state index in [-0.39, 0.29) is 55.7 Å². The predicted octanol–water partition coefficient (Wildman–Crippen LogP) is 10.8. The summed E-state index contributed by atoms with van der Waals surface area (Å²) in [5, 5.41) is 34.8. The largest absolute Gasteiger partial charge is 0.483 e. The number of likely N-dealkylation sites (N-methyl/N-ethyl adjacent to an activating group) is 1. The van der Waals surface area contributed by atoms with Crippen LogP contribution >= 0.6 is 0 Å². The van der Waals surface area contributed by atoms with Gasteiger partial charge in [-0.05, 0) is 107 Å². The van der Waals surface area contributed by atoms with Gasteiger partial charge in [0.05, 0.1) is 67.1 Å². The van der Waals surface area contributed by atoms with E-state index >= 15 is 0 Å². The van der Waals surface area contributed by atoms with Crippen LogP contribution in [0.5, 0.6) is 12.0 Å². The van der Waals surface area contributed by atoms with Crippen molar-refractivity contribution in [2.45, 2.75) is 115 Å². The summed E-state index contributed by atoms with van der Waals surface area (Å²) < 4.78 is 24.1. The number of piperazine rings is 2. The molecule has 2 unspecified atom stereocenters. The number of nitrogens with zero attached hydrogens (tertiary/aromatic N) is 13. The van der Waals surface area contributed by atoms with Gasteiger partial charge in [-0.15, -0.1) is 0 Å². The van der Waals surface area contributed by atoms with Gasteiger partial charge in [0.1, 0.15) is 44.9 Å². The molecule has 23 nitrogen and oxygen atoms in total.